The molecule has 5 rings (SSSR count). The van der Waals surface area contributed by atoms with Crippen molar-refractivity contribution in [2.24, 2.45) is 0 Å². The molecule has 16 heteroatoms. The molecule has 0 spiro atoms. The van der Waals surface area contributed by atoms with Crippen molar-refractivity contribution in [1.82, 2.24) is 14.3 Å². The Morgan fingerprint density at radius 3 is 2.24 bits per heavy atom. The second kappa shape index (κ2) is 13.0. The lowest BCUT2D eigenvalue weighted by Crippen LogP contribution is -2.55. The molecule has 4 heterocycles. The number of carbonyl (C=O) groups is 3. The van der Waals surface area contributed by atoms with Crippen LogP contribution in [0.1, 0.15) is 59.2 Å². The quantitative estimate of drug-likeness (QED) is 0.302. The van der Waals surface area contributed by atoms with Gasteiger partial charge in [-0.25, -0.2) is 32.2 Å². The van der Waals surface area contributed by atoms with Gasteiger partial charge in [0.05, 0.1) is 36.4 Å². The van der Waals surface area contributed by atoms with Crippen LogP contribution in [0.4, 0.5) is 36.0 Å². The van der Waals surface area contributed by atoms with Gasteiger partial charge < -0.3 is 14.2 Å². The summed E-state index contributed by atoms with van der Waals surface area (Å²) in [6.07, 6.45) is 2.28. The first kappa shape index (κ1) is 35.7. The summed E-state index contributed by atoms with van der Waals surface area (Å²) >= 11 is 0. The molecular formula is C33H41FN6O8S. The number of fused-ring (bicyclic) bond motifs is 2. The van der Waals surface area contributed by atoms with E-state index in [9.17, 15) is 22.8 Å². The Kier molecular flexibility index (Phi) is 9.51. The van der Waals surface area contributed by atoms with Crippen LogP contribution in [0, 0.1) is 12.7 Å². The van der Waals surface area contributed by atoms with Crippen LogP contribution in [0.25, 0.3) is 21.9 Å². The van der Waals surface area contributed by atoms with E-state index in [1.807, 2.05) is 0 Å². The molecule has 0 aliphatic carbocycles. The molecule has 1 saturated heterocycles. The molecule has 264 valence electrons. The monoisotopic (exact) mass is 700 g/mol. The Balaban J connectivity index is 1.54. The van der Waals surface area contributed by atoms with Crippen molar-refractivity contribution in [3.8, 4) is 11.1 Å². The molecule has 2 aromatic heterocycles. The van der Waals surface area contributed by atoms with Crippen LogP contribution >= 0.6 is 0 Å². The van der Waals surface area contributed by atoms with Gasteiger partial charge in [-0.3, -0.25) is 20.5 Å². The molecule has 0 unspecified atom stereocenters. The third-order valence-electron chi connectivity index (χ3n) is 7.73. The summed E-state index contributed by atoms with van der Waals surface area (Å²) in [4.78, 5) is 49.1. The standard InChI is InChI=1S/C33H41FN6O8S/c1-18-22(14-35-24-10-9-11-40(28(18)24)31(43)48-33(5,6)7)21-12-19-13-25(37-29(41)46-20-16-39(17-20)49(8,44)45)36-15-23(19)27(26(21)34)38-30(42)47-32(2,3)4/h12-15,20H,9-11,16-17H2,1-8H3,(H,38,42)(H,36,37,41). The number of aryl methyl sites for hydroxylation is 1. The molecule has 1 fully saturated rings. The van der Waals surface area contributed by atoms with Crippen LogP contribution in [-0.4, -0.2) is 84.2 Å². The normalized spacial score (nSPS) is 15.7. The van der Waals surface area contributed by atoms with Gasteiger partial charge in [-0.05, 0) is 84.4 Å². The van der Waals surface area contributed by atoms with E-state index in [2.05, 4.69) is 20.6 Å². The van der Waals surface area contributed by atoms with E-state index in [-0.39, 0.29) is 35.5 Å². The van der Waals surface area contributed by atoms with Crippen molar-refractivity contribution in [1.29, 1.82) is 0 Å². The fourth-order valence-corrected chi connectivity index (χ4v) is 6.44. The number of ether oxygens (including phenoxy) is 3. The first-order valence-corrected chi connectivity index (χ1v) is 17.6. The zero-order chi connectivity index (χ0) is 36.1. The molecule has 3 aromatic rings. The number of rotatable bonds is 5. The van der Waals surface area contributed by atoms with Crippen molar-refractivity contribution in [2.45, 2.75) is 78.6 Å². The summed E-state index contributed by atoms with van der Waals surface area (Å²) in [5.41, 5.74) is 0.406. The maximum Gasteiger partial charge on any atom is 0.414 e. The fraction of sp³-hybridized carbons (Fsp3) is 0.485. The number of nitrogens with zero attached hydrogens (tertiary/aromatic N) is 4. The van der Waals surface area contributed by atoms with Crippen LogP contribution in [0.5, 0.6) is 0 Å². The lowest BCUT2D eigenvalue weighted by atomic mass is 9.94. The van der Waals surface area contributed by atoms with Gasteiger partial charge in [-0.15, -0.1) is 0 Å². The lowest BCUT2D eigenvalue weighted by molar-refractivity contribution is 0.0349. The number of benzene rings is 1. The highest BCUT2D eigenvalue weighted by Crippen LogP contribution is 2.41. The topological polar surface area (TPSA) is 169 Å². The number of halogens is 1. The average molecular weight is 701 g/mol. The lowest BCUT2D eigenvalue weighted by Gasteiger charge is -2.36. The van der Waals surface area contributed by atoms with Gasteiger partial charge in [-0.2, -0.15) is 4.31 Å². The fourth-order valence-electron chi connectivity index (χ4n) is 5.57. The van der Waals surface area contributed by atoms with Crippen LogP contribution < -0.4 is 15.5 Å². The Hall–Kier alpha value is -4.57. The third kappa shape index (κ3) is 8.19. The van der Waals surface area contributed by atoms with Gasteiger partial charge in [0.15, 0.2) is 5.82 Å². The molecule has 0 atom stereocenters. The maximum absolute atomic E-state index is 16.6. The molecule has 14 nitrogen and oxygen atoms in total. The second-order valence-electron chi connectivity index (χ2n) is 14.1. The number of amides is 3. The van der Waals surface area contributed by atoms with Crippen molar-refractivity contribution in [2.75, 3.05) is 41.4 Å². The van der Waals surface area contributed by atoms with E-state index in [0.717, 1.165) is 6.26 Å². The zero-order valence-corrected chi connectivity index (χ0v) is 29.6. The highest BCUT2D eigenvalue weighted by molar-refractivity contribution is 7.88. The molecule has 49 heavy (non-hydrogen) atoms. The summed E-state index contributed by atoms with van der Waals surface area (Å²) in [6, 6.07) is 3.02. The Labute approximate surface area is 284 Å². The number of aromatic nitrogens is 2. The molecule has 1 aromatic carbocycles. The van der Waals surface area contributed by atoms with Gasteiger partial charge >= 0.3 is 18.3 Å². The summed E-state index contributed by atoms with van der Waals surface area (Å²) in [7, 11) is -3.39. The number of sulfonamides is 1. The molecule has 0 saturated carbocycles. The number of hydrogen-bond acceptors (Lipinski definition) is 10. The van der Waals surface area contributed by atoms with Gasteiger partial charge in [0.1, 0.15) is 23.1 Å². The highest BCUT2D eigenvalue weighted by Gasteiger charge is 2.36. The number of hydrogen-bond donors (Lipinski definition) is 2. The summed E-state index contributed by atoms with van der Waals surface area (Å²) < 4.78 is 57.4. The van der Waals surface area contributed by atoms with E-state index in [1.165, 1.54) is 33.7 Å². The zero-order valence-electron chi connectivity index (χ0n) is 28.8. The number of pyridine rings is 2. The molecular weight excluding hydrogens is 659 g/mol. The number of nitrogens with one attached hydrogen (secondary N) is 2. The third-order valence-corrected chi connectivity index (χ3v) is 8.96. The van der Waals surface area contributed by atoms with Gasteiger partial charge in [0.2, 0.25) is 10.0 Å². The molecule has 2 aliphatic heterocycles. The minimum absolute atomic E-state index is 0.0409. The first-order valence-electron chi connectivity index (χ1n) is 15.7. The molecule has 3 amide bonds. The highest BCUT2D eigenvalue weighted by atomic mass is 32.2. The van der Waals surface area contributed by atoms with E-state index in [1.54, 1.807) is 48.5 Å². The van der Waals surface area contributed by atoms with Crippen molar-refractivity contribution in [3.63, 3.8) is 0 Å². The van der Waals surface area contributed by atoms with E-state index >= 15 is 4.39 Å². The molecule has 2 aliphatic rings. The van der Waals surface area contributed by atoms with E-state index < -0.39 is 51.4 Å². The minimum Gasteiger partial charge on any atom is -0.444 e. The smallest absolute Gasteiger partial charge is 0.414 e. The van der Waals surface area contributed by atoms with Crippen LogP contribution in [0.15, 0.2) is 24.5 Å². The molecule has 0 bridgehead atoms. The van der Waals surface area contributed by atoms with E-state index in [0.29, 0.717) is 47.3 Å². The average Bonchev–Trinajstić information content (AvgIpc) is 2.93. The Morgan fingerprint density at radius 1 is 0.939 bits per heavy atom. The summed E-state index contributed by atoms with van der Waals surface area (Å²) in [6.45, 7) is 12.6. The number of carbonyl (C=O) groups excluding carboxylic acids is 3. The Bertz CT molecular complexity index is 1930. The van der Waals surface area contributed by atoms with Crippen molar-refractivity contribution >= 4 is 56.3 Å². The van der Waals surface area contributed by atoms with E-state index in [4.69, 9.17) is 14.2 Å². The maximum atomic E-state index is 16.6. The molecule has 2 N–H and O–H groups in total. The molecule has 0 radical (unpaired) electrons. The number of anilines is 3. The first-order chi connectivity index (χ1) is 22.7. The van der Waals surface area contributed by atoms with Gasteiger partial charge in [0.25, 0.3) is 0 Å². The van der Waals surface area contributed by atoms with Crippen molar-refractivity contribution in [3.05, 3.63) is 41.6 Å². The van der Waals surface area contributed by atoms with Crippen LogP contribution in [0.2, 0.25) is 0 Å². The minimum atomic E-state index is -3.39. The van der Waals surface area contributed by atoms with Gasteiger partial charge in [-0.1, -0.05) is 0 Å². The predicted octanol–water partition coefficient (Wildman–Crippen LogP) is 5.97. The largest absolute Gasteiger partial charge is 0.444 e. The second-order valence-corrected chi connectivity index (χ2v) is 16.1. The van der Waals surface area contributed by atoms with Crippen LogP contribution in [0.3, 0.4) is 0 Å². The van der Waals surface area contributed by atoms with Crippen LogP contribution in [-0.2, 0) is 30.7 Å². The summed E-state index contributed by atoms with van der Waals surface area (Å²) in [5.74, 6) is -0.723. The van der Waals surface area contributed by atoms with Gasteiger partial charge in [0, 0.05) is 35.5 Å². The summed E-state index contributed by atoms with van der Waals surface area (Å²) in [5, 5.41) is 5.66. The SMILES string of the molecule is Cc1c(-c2cc3cc(NC(=O)OC4CN(S(C)(=O)=O)C4)ncc3c(NC(=O)OC(C)(C)C)c2F)cnc2c1N(C(=O)OC(C)(C)C)CCC2. The van der Waals surface area contributed by atoms with Crippen molar-refractivity contribution < 1.29 is 41.4 Å². The Morgan fingerprint density at radius 2 is 1.61 bits per heavy atom. The predicted molar refractivity (Wildman–Crippen MR) is 182 cm³/mol.